The predicted octanol–water partition coefficient (Wildman–Crippen LogP) is 2.18. The molecule has 1 atom stereocenters. The Bertz CT molecular complexity index is 536. The van der Waals surface area contributed by atoms with E-state index < -0.39 is 0 Å². The van der Waals surface area contributed by atoms with Gasteiger partial charge in [-0.3, -0.25) is 0 Å². The quantitative estimate of drug-likeness (QED) is 0.809. The van der Waals surface area contributed by atoms with Crippen molar-refractivity contribution in [3.8, 4) is 0 Å². The second-order valence-corrected chi connectivity index (χ2v) is 4.84. The summed E-state index contributed by atoms with van der Waals surface area (Å²) in [6.07, 6.45) is 0. The first kappa shape index (κ1) is 12.6. The Morgan fingerprint density at radius 3 is 2.78 bits per heavy atom. The first-order valence-electron chi connectivity index (χ1n) is 6.13. The molecule has 0 aliphatic heterocycles. The highest BCUT2D eigenvalue weighted by Gasteiger charge is 2.04. The van der Waals surface area contributed by atoms with Gasteiger partial charge in [-0.1, -0.05) is 0 Å². The van der Waals surface area contributed by atoms with Gasteiger partial charge in [0.05, 0.1) is 5.52 Å². The topological polar surface area (TPSA) is 54.2 Å². The predicted molar refractivity (Wildman–Crippen MR) is 77.8 cm³/mol. The molecule has 18 heavy (non-hydrogen) atoms. The van der Waals surface area contributed by atoms with Gasteiger partial charge in [0.1, 0.15) is 5.82 Å². The van der Waals surface area contributed by atoms with E-state index >= 15 is 0 Å². The van der Waals surface area contributed by atoms with Crippen molar-refractivity contribution in [2.75, 3.05) is 31.7 Å². The van der Waals surface area contributed by atoms with Gasteiger partial charge < -0.3 is 16.0 Å². The molecule has 2 rings (SSSR count). The lowest BCUT2D eigenvalue weighted by molar-refractivity contribution is 0.326. The third-order valence-electron chi connectivity index (χ3n) is 3.17. The van der Waals surface area contributed by atoms with Gasteiger partial charge in [-0.2, -0.15) is 0 Å². The van der Waals surface area contributed by atoms with E-state index in [0.29, 0.717) is 6.04 Å². The Hall–Kier alpha value is -1.81. The van der Waals surface area contributed by atoms with Gasteiger partial charge in [0.25, 0.3) is 0 Å². The highest BCUT2D eigenvalue weighted by atomic mass is 15.1. The largest absolute Gasteiger partial charge is 0.399 e. The highest BCUT2D eigenvalue weighted by Crippen LogP contribution is 2.17. The molecule has 4 nitrogen and oxygen atoms in total. The fourth-order valence-corrected chi connectivity index (χ4v) is 1.68. The molecule has 0 saturated carbocycles. The zero-order valence-corrected chi connectivity index (χ0v) is 11.1. The minimum atomic E-state index is 0.467. The van der Waals surface area contributed by atoms with Crippen molar-refractivity contribution in [2.45, 2.75) is 13.0 Å². The molecule has 1 heterocycles. The number of rotatable bonds is 4. The summed E-state index contributed by atoms with van der Waals surface area (Å²) >= 11 is 0. The molecule has 0 aliphatic rings. The fraction of sp³-hybridized carbons (Fsp3) is 0.357. The zero-order valence-electron chi connectivity index (χ0n) is 11.1. The molecule has 0 bridgehead atoms. The number of hydrogen-bond donors (Lipinski definition) is 2. The van der Waals surface area contributed by atoms with Crippen LogP contribution in [0.1, 0.15) is 6.92 Å². The monoisotopic (exact) mass is 244 g/mol. The van der Waals surface area contributed by atoms with Gasteiger partial charge >= 0.3 is 0 Å². The second-order valence-electron chi connectivity index (χ2n) is 4.84. The number of nitrogens with one attached hydrogen (secondary N) is 1. The zero-order chi connectivity index (χ0) is 13.1. The molecule has 0 fully saturated rings. The first-order chi connectivity index (χ1) is 8.56. The Balaban J connectivity index is 2.13. The standard InChI is InChI=1S/C14H20N4/c1-10(18(2)3)9-16-14-7-4-11-8-12(15)5-6-13(11)17-14/h4-8,10H,9,15H2,1-3H3,(H,16,17). The Morgan fingerprint density at radius 1 is 1.28 bits per heavy atom. The average Bonchev–Trinajstić information content (AvgIpc) is 2.35. The van der Waals surface area contributed by atoms with Crippen molar-refractivity contribution in [1.82, 2.24) is 9.88 Å². The van der Waals surface area contributed by atoms with E-state index in [2.05, 4.69) is 36.2 Å². The van der Waals surface area contributed by atoms with E-state index in [1.54, 1.807) is 0 Å². The number of pyridine rings is 1. The molecule has 0 saturated heterocycles. The van der Waals surface area contributed by atoms with E-state index in [1.165, 1.54) is 0 Å². The molecule has 4 heteroatoms. The van der Waals surface area contributed by atoms with Crippen LogP contribution in [0.5, 0.6) is 0 Å². The maximum atomic E-state index is 5.74. The summed E-state index contributed by atoms with van der Waals surface area (Å²) in [5.74, 6) is 0.904. The summed E-state index contributed by atoms with van der Waals surface area (Å²) in [5, 5.41) is 4.42. The van der Waals surface area contributed by atoms with Crippen LogP contribution in [-0.2, 0) is 0 Å². The van der Waals surface area contributed by atoms with Crippen molar-refractivity contribution in [3.63, 3.8) is 0 Å². The average molecular weight is 244 g/mol. The van der Waals surface area contributed by atoms with E-state index in [9.17, 15) is 0 Å². The summed E-state index contributed by atoms with van der Waals surface area (Å²) < 4.78 is 0. The van der Waals surface area contributed by atoms with E-state index in [0.717, 1.165) is 29.0 Å². The summed E-state index contributed by atoms with van der Waals surface area (Å²) in [4.78, 5) is 6.74. The molecule has 1 aromatic heterocycles. The number of nitrogens with two attached hydrogens (primary N) is 1. The number of anilines is 2. The molecule has 1 aromatic carbocycles. The lowest BCUT2D eigenvalue weighted by atomic mass is 10.2. The van der Waals surface area contributed by atoms with Gasteiger partial charge in [-0.15, -0.1) is 0 Å². The van der Waals surface area contributed by atoms with Crippen LogP contribution in [-0.4, -0.2) is 36.6 Å². The maximum absolute atomic E-state index is 5.74. The first-order valence-corrected chi connectivity index (χ1v) is 6.13. The molecule has 3 N–H and O–H groups in total. The molecule has 0 spiro atoms. The summed E-state index contributed by atoms with van der Waals surface area (Å²) in [7, 11) is 4.14. The number of hydrogen-bond acceptors (Lipinski definition) is 4. The van der Waals surface area contributed by atoms with E-state index in [1.807, 2.05) is 30.3 Å². The number of nitrogens with zero attached hydrogens (tertiary/aromatic N) is 2. The lowest BCUT2D eigenvalue weighted by Gasteiger charge is -2.20. The third kappa shape index (κ3) is 2.90. The molecule has 0 aliphatic carbocycles. The number of nitrogen functional groups attached to an aromatic ring is 1. The third-order valence-corrected chi connectivity index (χ3v) is 3.17. The van der Waals surface area contributed by atoms with E-state index in [-0.39, 0.29) is 0 Å². The minimum Gasteiger partial charge on any atom is -0.399 e. The van der Waals surface area contributed by atoms with Gasteiger partial charge in [0.2, 0.25) is 0 Å². The van der Waals surface area contributed by atoms with Crippen LogP contribution in [0.3, 0.4) is 0 Å². The molecule has 96 valence electrons. The Kier molecular flexibility index (Phi) is 3.67. The van der Waals surface area contributed by atoms with Crippen LogP contribution in [0.4, 0.5) is 11.5 Å². The summed E-state index contributed by atoms with van der Waals surface area (Å²) in [5.41, 5.74) is 7.48. The Labute approximate surface area is 108 Å². The second kappa shape index (κ2) is 5.23. The molecule has 0 radical (unpaired) electrons. The molecule has 0 amide bonds. The van der Waals surface area contributed by atoms with Gasteiger partial charge in [0.15, 0.2) is 0 Å². The van der Waals surface area contributed by atoms with Crippen molar-refractivity contribution in [3.05, 3.63) is 30.3 Å². The van der Waals surface area contributed by atoms with Gasteiger partial charge in [0, 0.05) is 23.7 Å². The number of aromatic nitrogens is 1. The number of likely N-dealkylation sites (N-methyl/N-ethyl adjacent to an activating group) is 1. The lowest BCUT2D eigenvalue weighted by Crippen LogP contribution is -2.31. The summed E-state index contributed by atoms with van der Waals surface area (Å²) in [6, 6.07) is 10.3. The van der Waals surface area contributed by atoms with Crippen molar-refractivity contribution in [2.24, 2.45) is 0 Å². The highest BCUT2D eigenvalue weighted by molar-refractivity contribution is 5.83. The molecule has 2 aromatic rings. The normalized spacial score (nSPS) is 12.9. The van der Waals surface area contributed by atoms with E-state index in [4.69, 9.17) is 5.73 Å². The molecular weight excluding hydrogens is 224 g/mol. The number of fused-ring (bicyclic) bond motifs is 1. The smallest absolute Gasteiger partial charge is 0.126 e. The van der Waals surface area contributed by atoms with Crippen LogP contribution >= 0.6 is 0 Å². The van der Waals surface area contributed by atoms with Crippen molar-refractivity contribution < 1.29 is 0 Å². The summed E-state index contributed by atoms with van der Waals surface area (Å²) in [6.45, 7) is 3.05. The molecular formula is C14H20N4. The minimum absolute atomic E-state index is 0.467. The maximum Gasteiger partial charge on any atom is 0.126 e. The van der Waals surface area contributed by atoms with Gasteiger partial charge in [-0.05, 0) is 51.4 Å². The fourth-order valence-electron chi connectivity index (χ4n) is 1.68. The Morgan fingerprint density at radius 2 is 2.06 bits per heavy atom. The van der Waals surface area contributed by atoms with Crippen LogP contribution in [0.25, 0.3) is 10.9 Å². The molecule has 1 unspecified atom stereocenters. The van der Waals surface area contributed by atoms with Crippen molar-refractivity contribution >= 4 is 22.4 Å². The van der Waals surface area contributed by atoms with Crippen LogP contribution in [0.15, 0.2) is 30.3 Å². The van der Waals surface area contributed by atoms with Crippen LogP contribution < -0.4 is 11.1 Å². The van der Waals surface area contributed by atoms with Crippen LogP contribution in [0.2, 0.25) is 0 Å². The van der Waals surface area contributed by atoms with Crippen LogP contribution in [0, 0.1) is 0 Å². The number of benzene rings is 1. The van der Waals surface area contributed by atoms with Gasteiger partial charge in [-0.25, -0.2) is 4.98 Å². The van der Waals surface area contributed by atoms with Crippen molar-refractivity contribution in [1.29, 1.82) is 0 Å². The SMILES string of the molecule is CC(CNc1ccc2cc(N)ccc2n1)N(C)C.